The van der Waals surface area contributed by atoms with Crippen LogP contribution in [-0.2, 0) is 6.42 Å². The van der Waals surface area contributed by atoms with E-state index in [1.807, 2.05) is 36.7 Å². The SMILES string of the molecule is COc1ccc2c(c1)CCC(n1nc(C)nc1C)C2O. The first kappa shape index (κ1) is 13.1. The Morgan fingerprint density at radius 2 is 2.15 bits per heavy atom. The number of hydrogen-bond donors (Lipinski definition) is 1. The van der Waals surface area contributed by atoms with Crippen molar-refractivity contribution in [2.45, 2.75) is 38.8 Å². The van der Waals surface area contributed by atoms with Crippen LogP contribution in [-0.4, -0.2) is 27.0 Å². The zero-order valence-electron chi connectivity index (χ0n) is 12.0. The van der Waals surface area contributed by atoms with Crippen molar-refractivity contribution in [2.75, 3.05) is 7.11 Å². The Hall–Kier alpha value is -1.88. The molecule has 0 saturated heterocycles. The average molecular weight is 273 g/mol. The van der Waals surface area contributed by atoms with Crippen molar-refractivity contribution in [3.8, 4) is 5.75 Å². The highest BCUT2D eigenvalue weighted by Crippen LogP contribution is 2.38. The van der Waals surface area contributed by atoms with E-state index >= 15 is 0 Å². The molecular formula is C15H19N3O2. The Bertz CT molecular complexity index is 636. The molecule has 2 aromatic rings. The molecule has 2 atom stereocenters. The van der Waals surface area contributed by atoms with Crippen molar-refractivity contribution in [3.63, 3.8) is 0 Å². The minimum absolute atomic E-state index is 0.0444. The normalized spacial score (nSPS) is 21.6. The lowest BCUT2D eigenvalue weighted by Gasteiger charge is -2.30. The minimum atomic E-state index is -0.551. The van der Waals surface area contributed by atoms with Gasteiger partial charge < -0.3 is 9.84 Å². The first-order chi connectivity index (χ1) is 9.60. The van der Waals surface area contributed by atoms with Gasteiger partial charge in [0.15, 0.2) is 0 Å². The van der Waals surface area contributed by atoms with E-state index in [4.69, 9.17) is 4.74 Å². The van der Waals surface area contributed by atoms with E-state index in [9.17, 15) is 5.11 Å². The molecule has 0 saturated carbocycles. The molecule has 1 aromatic heterocycles. The number of rotatable bonds is 2. The number of methoxy groups -OCH3 is 1. The summed E-state index contributed by atoms with van der Waals surface area (Å²) in [5.74, 6) is 2.43. The maximum absolute atomic E-state index is 10.6. The predicted octanol–water partition coefficient (Wildman–Crippen LogP) is 2.12. The fourth-order valence-electron chi connectivity index (χ4n) is 2.99. The second-order valence-corrected chi connectivity index (χ2v) is 5.27. The van der Waals surface area contributed by atoms with Crippen molar-refractivity contribution in [1.82, 2.24) is 14.8 Å². The molecule has 3 rings (SSSR count). The Balaban J connectivity index is 1.96. The summed E-state index contributed by atoms with van der Waals surface area (Å²) in [5, 5.41) is 15.1. The van der Waals surface area contributed by atoms with Gasteiger partial charge >= 0.3 is 0 Å². The van der Waals surface area contributed by atoms with Gasteiger partial charge in [-0.1, -0.05) is 6.07 Å². The summed E-state index contributed by atoms with van der Waals surface area (Å²) in [4.78, 5) is 4.32. The third-order valence-corrected chi connectivity index (χ3v) is 3.96. The van der Waals surface area contributed by atoms with Crippen LogP contribution in [0.2, 0.25) is 0 Å². The summed E-state index contributed by atoms with van der Waals surface area (Å²) in [6.07, 6.45) is 1.21. The first-order valence-corrected chi connectivity index (χ1v) is 6.85. The molecule has 2 unspecified atom stereocenters. The smallest absolute Gasteiger partial charge is 0.147 e. The second kappa shape index (κ2) is 4.90. The first-order valence-electron chi connectivity index (χ1n) is 6.85. The molecule has 5 nitrogen and oxygen atoms in total. The zero-order chi connectivity index (χ0) is 14.3. The van der Waals surface area contributed by atoms with E-state index in [0.29, 0.717) is 0 Å². The number of aromatic nitrogens is 3. The lowest BCUT2D eigenvalue weighted by Crippen LogP contribution is -2.25. The third-order valence-electron chi connectivity index (χ3n) is 3.96. The summed E-state index contributed by atoms with van der Waals surface area (Å²) in [5.41, 5.74) is 2.12. The summed E-state index contributed by atoms with van der Waals surface area (Å²) in [6.45, 7) is 3.80. The quantitative estimate of drug-likeness (QED) is 0.910. The molecular weight excluding hydrogens is 254 g/mol. The van der Waals surface area contributed by atoms with Crippen LogP contribution >= 0.6 is 0 Å². The molecule has 1 N–H and O–H groups in total. The predicted molar refractivity (Wildman–Crippen MR) is 74.8 cm³/mol. The summed E-state index contributed by atoms with van der Waals surface area (Å²) in [7, 11) is 1.66. The maximum Gasteiger partial charge on any atom is 0.147 e. The molecule has 0 radical (unpaired) electrons. The van der Waals surface area contributed by atoms with Crippen LogP contribution in [0.15, 0.2) is 18.2 Å². The molecule has 0 aliphatic heterocycles. The number of fused-ring (bicyclic) bond motifs is 1. The van der Waals surface area contributed by atoms with E-state index in [2.05, 4.69) is 10.1 Å². The van der Waals surface area contributed by atoms with Gasteiger partial charge in [-0.05, 0) is 49.9 Å². The zero-order valence-corrected chi connectivity index (χ0v) is 12.0. The molecule has 0 fully saturated rings. The lowest BCUT2D eigenvalue weighted by atomic mass is 9.85. The number of benzene rings is 1. The molecule has 0 amide bonds. The summed E-state index contributed by atoms with van der Waals surface area (Å²) in [6, 6.07) is 5.81. The molecule has 20 heavy (non-hydrogen) atoms. The molecule has 0 spiro atoms. The van der Waals surface area contributed by atoms with E-state index in [0.717, 1.165) is 41.4 Å². The van der Waals surface area contributed by atoms with Crippen molar-refractivity contribution >= 4 is 0 Å². The largest absolute Gasteiger partial charge is 0.497 e. The Morgan fingerprint density at radius 1 is 1.35 bits per heavy atom. The Kier molecular flexibility index (Phi) is 3.22. The van der Waals surface area contributed by atoms with Crippen molar-refractivity contribution in [2.24, 2.45) is 0 Å². The number of hydrogen-bond acceptors (Lipinski definition) is 4. The molecule has 1 aliphatic rings. The lowest BCUT2D eigenvalue weighted by molar-refractivity contribution is 0.0905. The molecule has 1 heterocycles. The summed E-state index contributed by atoms with van der Waals surface area (Å²) >= 11 is 0. The van der Waals surface area contributed by atoms with Crippen LogP contribution in [0.1, 0.15) is 41.3 Å². The topological polar surface area (TPSA) is 60.2 Å². The van der Waals surface area contributed by atoms with E-state index in [1.54, 1.807) is 7.11 Å². The number of nitrogens with zero attached hydrogens (tertiary/aromatic N) is 3. The Morgan fingerprint density at radius 3 is 2.80 bits per heavy atom. The minimum Gasteiger partial charge on any atom is -0.497 e. The average Bonchev–Trinajstić information content (AvgIpc) is 2.77. The highest BCUT2D eigenvalue weighted by Gasteiger charge is 2.31. The van der Waals surface area contributed by atoms with Gasteiger partial charge in [0.05, 0.1) is 13.2 Å². The van der Waals surface area contributed by atoms with Crippen molar-refractivity contribution < 1.29 is 9.84 Å². The van der Waals surface area contributed by atoms with E-state index < -0.39 is 6.10 Å². The third kappa shape index (κ3) is 2.08. The van der Waals surface area contributed by atoms with Crippen LogP contribution < -0.4 is 4.74 Å². The van der Waals surface area contributed by atoms with Crippen LogP contribution in [0.25, 0.3) is 0 Å². The van der Waals surface area contributed by atoms with Gasteiger partial charge in [-0.2, -0.15) is 5.10 Å². The monoisotopic (exact) mass is 273 g/mol. The standard InChI is InChI=1S/C15H19N3O2/c1-9-16-10(2)18(17-9)14-7-4-11-8-12(20-3)5-6-13(11)15(14)19/h5-6,8,14-15,19H,4,7H2,1-3H3. The molecule has 5 heteroatoms. The van der Waals surface area contributed by atoms with Crippen LogP contribution in [0.4, 0.5) is 0 Å². The molecule has 106 valence electrons. The van der Waals surface area contributed by atoms with Crippen LogP contribution in [0, 0.1) is 13.8 Å². The fourth-order valence-corrected chi connectivity index (χ4v) is 2.99. The highest BCUT2D eigenvalue weighted by atomic mass is 16.5. The number of aliphatic hydroxyl groups excluding tert-OH is 1. The van der Waals surface area contributed by atoms with Crippen LogP contribution in [0.5, 0.6) is 5.75 Å². The van der Waals surface area contributed by atoms with Crippen molar-refractivity contribution in [3.05, 3.63) is 41.0 Å². The van der Waals surface area contributed by atoms with Gasteiger partial charge in [-0.15, -0.1) is 0 Å². The molecule has 0 bridgehead atoms. The van der Waals surface area contributed by atoms with Gasteiger partial charge in [0.25, 0.3) is 0 Å². The van der Waals surface area contributed by atoms with E-state index in [-0.39, 0.29) is 6.04 Å². The van der Waals surface area contributed by atoms with Gasteiger partial charge in [-0.25, -0.2) is 9.67 Å². The van der Waals surface area contributed by atoms with Crippen LogP contribution in [0.3, 0.4) is 0 Å². The fraction of sp³-hybridized carbons (Fsp3) is 0.467. The van der Waals surface area contributed by atoms with Crippen molar-refractivity contribution in [1.29, 1.82) is 0 Å². The Labute approximate surface area is 118 Å². The molecule has 1 aromatic carbocycles. The summed E-state index contributed by atoms with van der Waals surface area (Å²) < 4.78 is 7.09. The number of aliphatic hydroxyl groups is 1. The number of aryl methyl sites for hydroxylation is 3. The number of ether oxygens (including phenoxy) is 1. The van der Waals surface area contributed by atoms with Gasteiger partial charge in [-0.3, -0.25) is 0 Å². The maximum atomic E-state index is 10.6. The van der Waals surface area contributed by atoms with Gasteiger partial charge in [0, 0.05) is 0 Å². The molecule has 1 aliphatic carbocycles. The highest BCUT2D eigenvalue weighted by molar-refractivity contribution is 5.39. The van der Waals surface area contributed by atoms with E-state index in [1.165, 1.54) is 0 Å². The van der Waals surface area contributed by atoms with Gasteiger partial charge in [0.2, 0.25) is 0 Å². The second-order valence-electron chi connectivity index (χ2n) is 5.27. The van der Waals surface area contributed by atoms with Gasteiger partial charge in [0.1, 0.15) is 23.5 Å².